The molecule has 1 fully saturated rings. The first-order valence-electron chi connectivity index (χ1n) is 7.40. The molecule has 22 heavy (non-hydrogen) atoms. The van der Waals surface area contributed by atoms with Crippen LogP contribution in [0.25, 0.3) is 0 Å². The van der Waals surface area contributed by atoms with Crippen LogP contribution in [-0.4, -0.2) is 35.6 Å². The van der Waals surface area contributed by atoms with Crippen molar-refractivity contribution in [1.82, 2.24) is 15.4 Å². The number of aryl methyl sites for hydroxylation is 1. The van der Waals surface area contributed by atoms with E-state index in [1.165, 1.54) is 0 Å². The summed E-state index contributed by atoms with van der Waals surface area (Å²) in [7, 11) is 0. The van der Waals surface area contributed by atoms with Crippen LogP contribution >= 0.6 is 11.6 Å². The van der Waals surface area contributed by atoms with Crippen molar-refractivity contribution in [2.75, 3.05) is 19.6 Å². The number of piperazine rings is 1. The summed E-state index contributed by atoms with van der Waals surface area (Å²) in [6, 6.07) is 11.9. The second-order valence-electron chi connectivity index (χ2n) is 5.33. The molecule has 1 aromatic heterocycles. The number of carbonyl (C=O) groups is 1. The van der Waals surface area contributed by atoms with E-state index in [0.717, 1.165) is 25.2 Å². The Bertz CT molecular complexity index is 629. The Hall–Kier alpha value is -1.85. The average molecular weight is 320 g/mol. The molecule has 1 N–H and O–H groups in total. The third kappa shape index (κ3) is 3.48. The van der Waals surface area contributed by atoms with Gasteiger partial charge >= 0.3 is 0 Å². The summed E-state index contributed by atoms with van der Waals surface area (Å²) in [5.41, 5.74) is 1.16. The summed E-state index contributed by atoms with van der Waals surface area (Å²) in [6.45, 7) is 2.32. The highest BCUT2D eigenvalue weighted by Gasteiger charge is 2.27. The number of benzene rings is 1. The maximum absolute atomic E-state index is 12.6. The normalized spacial score (nSPS) is 18.4. The van der Waals surface area contributed by atoms with Gasteiger partial charge in [0.05, 0.1) is 6.04 Å². The Labute approximate surface area is 134 Å². The minimum atomic E-state index is 0.0840. The van der Waals surface area contributed by atoms with Crippen LogP contribution in [0.2, 0.25) is 5.15 Å². The average Bonchev–Trinajstić information content (AvgIpc) is 2.99. The molecule has 116 valence electrons. The molecular formula is C16H18ClN3O2. The Kier molecular flexibility index (Phi) is 4.75. The topological polar surface area (TPSA) is 58.4 Å². The fourth-order valence-electron chi connectivity index (χ4n) is 2.76. The van der Waals surface area contributed by atoms with Crippen molar-refractivity contribution >= 4 is 17.5 Å². The number of nitrogens with one attached hydrogen (secondary N) is 1. The molecule has 0 aliphatic carbocycles. The van der Waals surface area contributed by atoms with Crippen molar-refractivity contribution in [3.05, 3.63) is 52.9 Å². The summed E-state index contributed by atoms with van der Waals surface area (Å²) in [4.78, 5) is 14.5. The molecule has 1 amide bonds. The van der Waals surface area contributed by atoms with Gasteiger partial charge in [0, 0.05) is 38.5 Å². The number of aromatic nitrogens is 1. The molecule has 5 nitrogen and oxygen atoms in total. The maximum atomic E-state index is 12.6. The zero-order chi connectivity index (χ0) is 15.4. The Morgan fingerprint density at radius 3 is 2.95 bits per heavy atom. The van der Waals surface area contributed by atoms with Gasteiger partial charge in [-0.25, -0.2) is 0 Å². The maximum Gasteiger partial charge on any atom is 0.223 e. The Morgan fingerprint density at radius 2 is 2.23 bits per heavy atom. The van der Waals surface area contributed by atoms with Crippen LogP contribution in [0.3, 0.4) is 0 Å². The zero-order valence-corrected chi connectivity index (χ0v) is 12.9. The number of amides is 1. The molecule has 1 atom stereocenters. The number of carbonyl (C=O) groups excluding carboxylic acids is 1. The summed E-state index contributed by atoms with van der Waals surface area (Å²) in [5, 5.41) is 7.31. The molecule has 1 aliphatic rings. The SMILES string of the molecule is O=C(CCc1cc(Cl)no1)N1CCNC[C@@H]1c1ccccc1. The Balaban J connectivity index is 1.66. The van der Waals surface area contributed by atoms with E-state index in [0.29, 0.717) is 23.8 Å². The standard InChI is InChI=1S/C16H18ClN3O2/c17-15-10-13(22-19-15)6-7-16(21)20-9-8-18-11-14(20)12-4-2-1-3-5-12/h1-5,10,14,18H,6-9,11H2/t14-/m1/s1. The molecule has 0 saturated carbocycles. The number of nitrogens with zero attached hydrogens (tertiary/aromatic N) is 2. The van der Waals surface area contributed by atoms with Crippen LogP contribution in [0.5, 0.6) is 0 Å². The quantitative estimate of drug-likeness (QED) is 0.940. The van der Waals surface area contributed by atoms with E-state index in [4.69, 9.17) is 16.1 Å². The van der Waals surface area contributed by atoms with Crippen molar-refractivity contribution in [2.24, 2.45) is 0 Å². The van der Waals surface area contributed by atoms with E-state index >= 15 is 0 Å². The summed E-state index contributed by atoms with van der Waals surface area (Å²) in [6.07, 6.45) is 0.916. The van der Waals surface area contributed by atoms with Gasteiger partial charge < -0.3 is 14.7 Å². The third-order valence-electron chi connectivity index (χ3n) is 3.86. The largest absolute Gasteiger partial charge is 0.360 e. The number of rotatable bonds is 4. The molecule has 2 aromatic rings. The van der Waals surface area contributed by atoms with Crippen molar-refractivity contribution in [2.45, 2.75) is 18.9 Å². The number of hydrogen-bond acceptors (Lipinski definition) is 4. The molecule has 0 bridgehead atoms. The first kappa shape index (κ1) is 15.1. The van der Waals surface area contributed by atoms with Gasteiger partial charge in [-0.3, -0.25) is 4.79 Å². The van der Waals surface area contributed by atoms with Gasteiger partial charge in [0.2, 0.25) is 5.91 Å². The van der Waals surface area contributed by atoms with Crippen LogP contribution in [0.15, 0.2) is 40.9 Å². The minimum Gasteiger partial charge on any atom is -0.360 e. The molecule has 6 heteroatoms. The van der Waals surface area contributed by atoms with Gasteiger partial charge in [0.15, 0.2) is 5.15 Å². The molecule has 2 heterocycles. The lowest BCUT2D eigenvalue weighted by Crippen LogP contribution is -2.48. The van der Waals surface area contributed by atoms with Gasteiger partial charge in [0.1, 0.15) is 5.76 Å². The van der Waals surface area contributed by atoms with Crippen molar-refractivity contribution in [1.29, 1.82) is 0 Å². The second kappa shape index (κ2) is 6.94. The highest BCUT2D eigenvalue weighted by atomic mass is 35.5. The van der Waals surface area contributed by atoms with Crippen LogP contribution < -0.4 is 5.32 Å². The van der Waals surface area contributed by atoms with Crippen molar-refractivity contribution in [3.8, 4) is 0 Å². The highest BCUT2D eigenvalue weighted by Crippen LogP contribution is 2.23. The first-order chi connectivity index (χ1) is 10.7. The third-order valence-corrected chi connectivity index (χ3v) is 4.04. The van der Waals surface area contributed by atoms with E-state index in [-0.39, 0.29) is 11.9 Å². The molecule has 0 spiro atoms. The number of halogens is 1. The fourth-order valence-corrected chi connectivity index (χ4v) is 2.91. The number of hydrogen-bond donors (Lipinski definition) is 1. The van der Waals surface area contributed by atoms with Gasteiger partial charge in [-0.15, -0.1) is 0 Å². The second-order valence-corrected chi connectivity index (χ2v) is 5.72. The first-order valence-corrected chi connectivity index (χ1v) is 7.78. The lowest BCUT2D eigenvalue weighted by Gasteiger charge is -2.36. The lowest BCUT2D eigenvalue weighted by molar-refractivity contribution is -0.134. The highest BCUT2D eigenvalue weighted by molar-refractivity contribution is 6.29. The van der Waals surface area contributed by atoms with Crippen LogP contribution in [0, 0.1) is 0 Å². The monoisotopic (exact) mass is 319 g/mol. The molecule has 1 saturated heterocycles. The van der Waals surface area contributed by atoms with E-state index in [1.54, 1.807) is 6.07 Å². The molecule has 3 rings (SSSR count). The predicted molar refractivity (Wildman–Crippen MR) is 83.6 cm³/mol. The van der Waals surface area contributed by atoms with E-state index < -0.39 is 0 Å². The van der Waals surface area contributed by atoms with Crippen LogP contribution in [-0.2, 0) is 11.2 Å². The molecule has 0 radical (unpaired) electrons. The lowest BCUT2D eigenvalue weighted by atomic mass is 10.0. The fraction of sp³-hybridized carbons (Fsp3) is 0.375. The van der Waals surface area contributed by atoms with Gasteiger partial charge in [-0.2, -0.15) is 0 Å². The van der Waals surface area contributed by atoms with Crippen molar-refractivity contribution in [3.63, 3.8) is 0 Å². The van der Waals surface area contributed by atoms with Crippen LogP contribution in [0.4, 0.5) is 0 Å². The van der Waals surface area contributed by atoms with Gasteiger partial charge in [-0.05, 0) is 5.56 Å². The molecule has 1 aromatic carbocycles. The van der Waals surface area contributed by atoms with Gasteiger partial charge in [0.25, 0.3) is 0 Å². The molecular weight excluding hydrogens is 302 g/mol. The minimum absolute atomic E-state index is 0.0840. The Morgan fingerprint density at radius 1 is 1.41 bits per heavy atom. The predicted octanol–water partition coefficient (Wildman–Crippen LogP) is 2.43. The summed E-state index contributed by atoms with van der Waals surface area (Å²) >= 11 is 5.72. The van der Waals surface area contributed by atoms with E-state index in [2.05, 4.69) is 22.6 Å². The zero-order valence-electron chi connectivity index (χ0n) is 12.2. The van der Waals surface area contributed by atoms with E-state index in [9.17, 15) is 4.79 Å². The van der Waals surface area contributed by atoms with Crippen molar-refractivity contribution < 1.29 is 9.32 Å². The summed E-state index contributed by atoms with van der Waals surface area (Å²) < 4.78 is 5.05. The van der Waals surface area contributed by atoms with Gasteiger partial charge in [-0.1, -0.05) is 47.1 Å². The summed E-state index contributed by atoms with van der Waals surface area (Å²) in [5.74, 6) is 0.771. The van der Waals surface area contributed by atoms with E-state index in [1.807, 2.05) is 23.1 Å². The van der Waals surface area contributed by atoms with Crippen LogP contribution in [0.1, 0.15) is 23.8 Å². The molecule has 1 aliphatic heterocycles. The molecule has 0 unspecified atom stereocenters. The smallest absolute Gasteiger partial charge is 0.223 e.